The molecule has 0 radical (unpaired) electrons. The van der Waals surface area contributed by atoms with E-state index in [0.717, 1.165) is 12.8 Å². The van der Waals surface area contributed by atoms with Crippen molar-refractivity contribution in [1.29, 1.82) is 0 Å². The van der Waals surface area contributed by atoms with Gasteiger partial charge in [-0.05, 0) is 31.1 Å². The molecule has 2 heterocycles. The van der Waals surface area contributed by atoms with Crippen LogP contribution in [0.15, 0.2) is 0 Å². The summed E-state index contributed by atoms with van der Waals surface area (Å²) in [7, 11) is -3.38. The molecule has 0 aromatic heterocycles. The number of aliphatic hydroxyl groups is 1. The minimum absolute atomic E-state index is 0.252. The molecule has 2 aliphatic heterocycles. The van der Waals surface area contributed by atoms with Gasteiger partial charge in [0, 0.05) is 26.2 Å². The van der Waals surface area contributed by atoms with Crippen LogP contribution < -0.4 is 0 Å². The highest BCUT2D eigenvalue weighted by Crippen LogP contribution is 2.26. The van der Waals surface area contributed by atoms with Gasteiger partial charge in [-0.3, -0.25) is 0 Å². The van der Waals surface area contributed by atoms with Crippen LogP contribution in [0.5, 0.6) is 0 Å². The molecule has 0 bridgehead atoms. The molecule has 1 N–H and O–H groups in total. The Labute approximate surface area is 110 Å². The molecule has 2 unspecified atom stereocenters. The van der Waals surface area contributed by atoms with E-state index in [1.54, 1.807) is 4.31 Å². The quantitative estimate of drug-likeness (QED) is 0.806. The molecular formula is C12H24N2O3S. The molecule has 0 aromatic carbocycles. The zero-order valence-electron chi connectivity index (χ0n) is 11.2. The monoisotopic (exact) mass is 276 g/mol. The lowest BCUT2D eigenvalue weighted by molar-refractivity contribution is 0.102. The van der Waals surface area contributed by atoms with Crippen molar-refractivity contribution < 1.29 is 13.5 Å². The molecule has 3 atom stereocenters. The van der Waals surface area contributed by atoms with Gasteiger partial charge in [-0.1, -0.05) is 13.8 Å². The van der Waals surface area contributed by atoms with E-state index in [0.29, 0.717) is 37.9 Å². The van der Waals surface area contributed by atoms with Crippen LogP contribution in [-0.2, 0) is 10.2 Å². The second-order valence-corrected chi connectivity index (χ2v) is 7.85. The number of hydrogen-bond donors (Lipinski definition) is 1. The van der Waals surface area contributed by atoms with E-state index in [1.165, 1.54) is 4.31 Å². The SMILES string of the molecule is CC1CC(C)CN(S(=O)(=O)N2CCC[C@H](O)C2)C1. The van der Waals surface area contributed by atoms with Gasteiger partial charge < -0.3 is 5.11 Å². The first kappa shape index (κ1) is 14.2. The van der Waals surface area contributed by atoms with Crippen molar-refractivity contribution in [1.82, 2.24) is 8.61 Å². The van der Waals surface area contributed by atoms with Crippen molar-refractivity contribution in [3.63, 3.8) is 0 Å². The number of piperidine rings is 2. The highest BCUT2D eigenvalue weighted by Gasteiger charge is 2.36. The lowest BCUT2D eigenvalue weighted by Crippen LogP contribution is -2.52. The van der Waals surface area contributed by atoms with Crippen molar-refractivity contribution >= 4 is 10.2 Å². The van der Waals surface area contributed by atoms with Crippen LogP contribution >= 0.6 is 0 Å². The zero-order chi connectivity index (χ0) is 13.3. The molecule has 106 valence electrons. The largest absolute Gasteiger partial charge is 0.392 e. The Kier molecular flexibility index (Phi) is 4.31. The summed E-state index contributed by atoms with van der Waals surface area (Å²) in [6.45, 7) is 6.21. The van der Waals surface area contributed by atoms with Crippen molar-refractivity contribution in [3.05, 3.63) is 0 Å². The Morgan fingerprint density at radius 1 is 1.06 bits per heavy atom. The standard InChI is InChI=1S/C12H24N2O3S/c1-10-6-11(2)8-14(7-10)18(16,17)13-5-3-4-12(15)9-13/h10-12,15H,3-9H2,1-2H3/t10?,11?,12-/m0/s1. The van der Waals surface area contributed by atoms with Gasteiger partial charge in [0.05, 0.1) is 6.10 Å². The number of rotatable bonds is 2. The van der Waals surface area contributed by atoms with Crippen LogP contribution in [0.4, 0.5) is 0 Å². The van der Waals surface area contributed by atoms with Gasteiger partial charge >= 0.3 is 0 Å². The van der Waals surface area contributed by atoms with Gasteiger partial charge in [0.1, 0.15) is 0 Å². The van der Waals surface area contributed by atoms with Crippen LogP contribution in [0.2, 0.25) is 0 Å². The average molecular weight is 276 g/mol. The van der Waals surface area contributed by atoms with E-state index in [2.05, 4.69) is 13.8 Å². The molecule has 2 saturated heterocycles. The second-order valence-electron chi connectivity index (χ2n) is 5.92. The summed E-state index contributed by atoms with van der Waals surface area (Å²) in [4.78, 5) is 0. The molecule has 2 fully saturated rings. The Morgan fingerprint density at radius 3 is 2.22 bits per heavy atom. The normalized spacial score (nSPS) is 36.7. The molecule has 18 heavy (non-hydrogen) atoms. The van der Waals surface area contributed by atoms with Gasteiger partial charge in [-0.15, -0.1) is 0 Å². The van der Waals surface area contributed by atoms with Crippen molar-refractivity contribution in [2.45, 2.75) is 39.2 Å². The average Bonchev–Trinajstić information content (AvgIpc) is 2.27. The first-order chi connectivity index (χ1) is 8.39. The smallest absolute Gasteiger partial charge is 0.282 e. The summed E-state index contributed by atoms with van der Waals surface area (Å²) in [5, 5.41) is 9.62. The van der Waals surface area contributed by atoms with Gasteiger partial charge in [0.2, 0.25) is 0 Å². The first-order valence-electron chi connectivity index (χ1n) is 6.83. The molecule has 0 amide bonds. The topological polar surface area (TPSA) is 60.9 Å². The molecule has 0 saturated carbocycles. The fourth-order valence-corrected chi connectivity index (χ4v) is 5.02. The van der Waals surface area contributed by atoms with Crippen LogP contribution in [0.25, 0.3) is 0 Å². The number of aliphatic hydroxyl groups excluding tert-OH is 1. The van der Waals surface area contributed by atoms with Gasteiger partial charge in [0.15, 0.2) is 0 Å². The fourth-order valence-electron chi connectivity index (χ4n) is 3.09. The molecule has 2 aliphatic rings. The molecule has 5 nitrogen and oxygen atoms in total. The predicted molar refractivity (Wildman–Crippen MR) is 70.3 cm³/mol. The summed E-state index contributed by atoms with van der Waals surface area (Å²) in [5.41, 5.74) is 0. The second kappa shape index (κ2) is 5.45. The highest BCUT2D eigenvalue weighted by molar-refractivity contribution is 7.86. The zero-order valence-corrected chi connectivity index (χ0v) is 12.1. The minimum Gasteiger partial charge on any atom is -0.392 e. The maximum atomic E-state index is 12.5. The molecule has 2 rings (SSSR count). The lowest BCUT2D eigenvalue weighted by Gasteiger charge is -2.39. The van der Waals surface area contributed by atoms with Crippen LogP contribution in [0.1, 0.15) is 33.1 Å². The van der Waals surface area contributed by atoms with Crippen molar-refractivity contribution in [3.8, 4) is 0 Å². The molecule has 0 aromatic rings. The summed E-state index contributed by atoms with van der Waals surface area (Å²) in [6.07, 6.45) is 2.04. The summed E-state index contributed by atoms with van der Waals surface area (Å²) >= 11 is 0. The molecule has 0 aliphatic carbocycles. The van der Waals surface area contributed by atoms with E-state index < -0.39 is 16.3 Å². The highest BCUT2D eigenvalue weighted by atomic mass is 32.2. The third kappa shape index (κ3) is 3.04. The summed E-state index contributed by atoms with van der Waals surface area (Å²) in [5.74, 6) is 0.830. The fraction of sp³-hybridized carbons (Fsp3) is 1.00. The Balaban J connectivity index is 2.09. The Hall–Kier alpha value is -0.170. The maximum Gasteiger partial charge on any atom is 0.282 e. The molecular weight excluding hydrogens is 252 g/mol. The molecule has 0 spiro atoms. The summed E-state index contributed by atoms with van der Waals surface area (Å²) < 4.78 is 28.1. The summed E-state index contributed by atoms with van der Waals surface area (Å²) in [6, 6.07) is 0. The van der Waals surface area contributed by atoms with Crippen molar-refractivity contribution in [2.24, 2.45) is 11.8 Å². The lowest BCUT2D eigenvalue weighted by atomic mass is 9.94. The van der Waals surface area contributed by atoms with Crippen LogP contribution in [0.3, 0.4) is 0 Å². The number of hydrogen-bond acceptors (Lipinski definition) is 3. The number of β-amino-alcohol motifs (C(OH)–C–C–N with tert-alkyl or cyclic N) is 1. The minimum atomic E-state index is -3.38. The van der Waals surface area contributed by atoms with E-state index >= 15 is 0 Å². The first-order valence-corrected chi connectivity index (χ1v) is 8.22. The predicted octanol–water partition coefficient (Wildman–Crippen LogP) is 0.666. The third-order valence-corrected chi connectivity index (χ3v) is 5.78. The van der Waals surface area contributed by atoms with Crippen LogP contribution in [-0.4, -0.2) is 54.4 Å². The van der Waals surface area contributed by atoms with E-state index in [9.17, 15) is 13.5 Å². The van der Waals surface area contributed by atoms with Crippen molar-refractivity contribution in [2.75, 3.05) is 26.2 Å². The van der Waals surface area contributed by atoms with Crippen LogP contribution in [0, 0.1) is 11.8 Å². The van der Waals surface area contributed by atoms with E-state index in [-0.39, 0.29) is 6.54 Å². The van der Waals surface area contributed by atoms with Gasteiger partial charge in [-0.25, -0.2) is 0 Å². The molecule has 6 heteroatoms. The Morgan fingerprint density at radius 2 is 1.67 bits per heavy atom. The Bertz CT molecular complexity index is 375. The number of nitrogens with zero attached hydrogens (tertiary/aromatic N) is 2. The van der Waals surface area contributed by atoms with E-state index in [1.807, 2.05) is 0 Å². The maximum absolute atomic E-state index is 12.5. The van der Waals surface area contributed by atoms with Gasteiger partial charge in [-0.2, -0.15) is 17.0 Å². The van der Waals surface area contributed by atoms with E-state index in [4.69, 9.17) is 0 Å². The van der Waals surface area contributed by atoms with Gasteiger partial charge in [0.25, 0.3) is 10.2 Å². The third-order valence-electron chi connectivity index (χ3n) is 3.85.